The summed E-state index contributed by atoms with van der Waals surface area (Å²) in [6.07, 6.45) is 8.36. The van der Waals surface area contributed by atoms with Crippen LogP contribution in [-0.2, 0) is 16.1 Å². The van der Waals surface area contributed by atoms with Gasteiger partial charge in [0.1, 0.15) is 28.7 Å². The number of hydrogen-bond donors (Lipinski definition) is 3. The molecule has 3 aromatic heterocycles. The lowest BCUT2D eigenvalue weighted by molar-refractivity contribution is -0.122. The molecule has 2 aromatic carbocycles. The van der Waals surface area contributed by atoms with Crippen LogP contribution in [0.2, 0.25) is 0 Å². The molecule has 5 aromatic rings. The Hall–Kier alpha value is -5.69. The average molecular weight is 654 g/mol. The Balaban J connectivity index is 1.32. The van der Waals surface area contributed by atoms with Crippen molar-refractivity contribution in [2.45, 2.75) is 38.8 Å². The number of nitrogens with one attached hydrogen (secondary N) is 2. The van der Waals surface area contributed by atoms with Crippen molar-refractivity contribution in [3.8, 4) is 16.9 Å². The van der Waals surface area contributed by atoms with Crippen LogP contribution in [0.15, 0.2) is 77.9 Å². The fraction of sp³-hybridized carbons (Fsp3) is 0.229. The van der Waals surface area contributed by atoms with E-state index in [1.807, 2.05) is 19.1 Å². The van der Waals surface area contributed by atoms with Gasteiger partial charge in [-0.1, -0.05) is 12.2 Å². The first-order valence-electron chi connectivity index (χ1n) is 15.5. The summed E-state index contributed by atoms with van der Waals surface area (Å²) in [5, 5.41) is 10.8. The fourth-order valence-electron chi connectivity index (χ4n) is 5.55. The number of carbonyl (C=O) groups excluding carboxylic acids is 2. The number of benzene rings is 2. The Bertz CT molecular complexity index is 2090. The number of nitrogen functional groups attached to an aromatic ring is 1. The number of amides is 2. The maximum atomic E-state index is 15.9. The molecular formula is C35H33F2N7O4. The highest BCUT2D eigenvalue weighted by Crippen LogP contribution is 2.36. The Morgan fingerprint density at radius 1 is 1.10 bits per heavy atom. The second-order valence-electron chi connectivity index (χ2n) is 11.4. The minimum Gasteiger partial charge on any atom is -0.383 e. The highest BCUT2D eigenvalue weighted by atomic mass is 19.1. The molecule has 4 heterocycles. The zero-order chi connectivity index (χ0) is 33.8. The Kier molecular flexibility index (Phi) is 9.39. The van der Waals surface area contributed by atoms with Crippen LogP contribution in [0.3, 0.4) is 0 Å². The maximum Gasteiger partial charge on any atom is 0.267 e. The number of hydrogen-bond acceptors (Lipinski definition) is 7. The second kappa shape index (κ2) is 14.0. The molecule has 0 spiro atoms. The van der Waals surface area contributed by atoms with E-state index in [4.69, 9.17) is 15.6 Å². The van der Waals surface area contributed by atoms with Crippen molar-refractivity contribution in [1.82, 2.24) is 24.6 Å². The molecule has 2 amide bonds. The van der Waals surface area contributed by atoms with Gasteiger partial charge in [0, 0.05) is 53.9 Å². The lowest BCUT2D eigenvalue weighted by atomic mass is 10.0. The van der Waals surface area contributed by atoms with Crippen molar-refractivity contribution in [3.05, 3.63) is 106 Å². The van der Waals surface area contributed by atoms with E-state index in [1.165, 1.54) is 59.3 Å². The SMILES string of the molecule is CC1CCn2nc(-c3ccc(NC(=O)c4cccn(-c5ccc(F)cc5)c4=O)cc3F)c3c(N)ncc(c32)/C=C/CCOCCC(=O)N1. The van der Waals surface area contributed by atoms with Crippen LogP contribution in [0.5, 0.6) is 0 Å². The number of rotatable bonds is 4. The number of aryl methyl sites for hydroxylation is 1. The van der Waals surface area contributed by atoms with Gasteiger partial charge in [-0.3, -0.25) is 23.6 Å². The molecule has 6 rings (SSSR count). The van der Waals surface area contributed by atoms with E-state index in [1.54, 1.807) is 10.9 Å². The van der Waals surface area contributed by atoms with Crippen LogP contribution in [-0.4, -0.2) is 50.4 Å². The van der Waals surface area contributed by atoms with Crippen molar-refractivity contribution in [2.24, 2.45) is 0 Å². The van der Waals surface area contributed by atoms with Crippen LogP contribution < -0.4 is 21.9 Å². The predicted octanol–water partition coefficient (Wildman–Crippen LogP) is 5.08. The molecule has 0 saturated carbocycles. The number of pyridine rings is 2. The van der Waals surface area contributed by atoms with Gasteiger partial charge in [-0.15, -0.1) is 0 Å². The zero-order valence-electron chi connectivity index (χ0n) is 26.1. The molecule has 1 atom stereocenters. The zero-order valence-corrected chi connectivity index (χ0v) is 26.1. The van der Waals surface area contributed by atoms with Crippen molar-refractivity contribution in [1.29, 1.82) is 0 Å². The van der Waals surface area contributed by atoms with Gasteiger partial charge in [0.05, 0.1) is 24.1 Å². The number of nitrogens with zero attached hydrogens (tertiary/aromatic N) is 4. The summed E-state index contributed by atoms with van der Waals surface area (Å²) in [7, 11) is 0. The molecule has 0 fully saturated rings. The van der Waals surface area contributed by atoms with Gasteiger partial charge in [-0.25, -0.2) is 13.8 Å². The standard InChI is InChI=1S/C35H33F2N7O4/c1-21-13-16-44-32-22(5-2-3-17-48-18-14-29(45)40-21)20-39-33(38)30(32)31(42-44)26-12-9-24(19-28(26)37)41-34(46)27-6-4-15-43(35(27)47)25-10-7-23(36)8-11-25/h2,4-12,15,19-21H,3,13-14,16-18H2,1H3,(H2,38,39)(H,40,45)(H,41,46)/b5-2+. The van der Waals surface area contributed by atoms with E-state index in [0.717, 1.165) is 11.6 Å². The maximum absolute atomic E-state index is 15.9. The number of ether oxygens (including phenoxy) is 1. The number of carbonyl (C=O) groups is 2. The Morgan fingerprint density at radius 2 is 1.92 bits per heavy atom. The summed E-state index contributed by atoms with van der Waals surface area (Å²) in [6, 6.07) is 12.1. The molecule has 11 nitrogen and oxygen atoms in total. The van der Waals surface area contributed by atoms with Gasteiger partial charge in [0.2, 0.25) is 5.91 Å². The molecule has 246 valence electrons. The number of aromatic nitrogens is 4. The van der Waals surface area contributed by atoms with Crippen LogP contribution in [0.4, 0.5) is 20.3 Å². The Morgan fingerprint density at radius 3 is 2.71 bits per heavy atom. The van der Waals surface area contributed by atoms with Crippen LogP contribution in [0.25, 0.3) is 33.9 Å². The molecule has 13 heteroatoms. The minimum atomic E-state index is -0.741. The number of nitrogens with two attached hydrogens (primary N) is 1. The summed E-state index contributed by atoms with van der Waals surface area (Å²) in [6.45, 7) is 3.09. The van der Waals surface area contributed by atoms with E-state index in [-0.39, 0.29) is 46.7 Å². The molecule has 0 aliphatic carbocycles. The lowest BCUT2D eigenvalue weighted by Crippen LogP contribution is -2.34. The van der Waals surface area contributed by atoms with Gasteiger partial charge in [0.25, 0.3) is 11.5 Å². The molecule has 1 unspecified atom stereocenters. The average Bonchev–Trinajstić information content (AvgIpc) is 3.44. The van der Waals surface area contributed by atoms with Gasteiger partial charge in [-0.2, -0.15) is 5.10 Å². The predicted molar refractivity (Wildman–Crippen MR) is 179 cm³/mol. The molecule has 48 heavy (non-hydrogen) atoms. The van der Waals surface area contributed by atoms with E-state index in [0.29, 0.717) is 49.2 Å². The summed E-state index contributed by atoms with van der Waals surface area (Å²) in [5.41, 5.74) is 7.88. The van der Waals surface area contributed by atoms with Gasteiger partial charge >= 0.3 is 0 Å². The first-order chi connectivity index (χ1) is 23.2. The molecule has 0 bridgehead atoms. The molecule has 0 saturated heterocycles. The van der Waals surface area contributed by atoms with Gasteiger partial charge in [-0.05, 0) is 74.4 Å². The third-order valence-electron chi connectivity index (χ3n) is 7.98. The van der Waals surface area contributed by atoms with Crippen LogP contribution in [0.1, 0.15) is 42.1 Å². The number of halogens is 2. The monoisotopic (exact) mass is 653 g/mol. The van der Waals surface area contributed by atoms with Crippen molar-refractivity contribution in [3.63, 3.8) is 0 Å². The van der Waals surface area contributed by atoms with Gasteiger partial charge in [0.15, 0.2) is 0 Å². The Labute approximate surface area is 274 Å². The molecule has 1 aliphatic heterocycles. The largest absolute Gasteiger partial charge is 0.383 e. The topological polar surface area (TPSA) is 146 Å². The number of anilines is 2. The first-order valence-corrected chi connectivity index (χ1v) is 15.5. The quantitative estimate of drug-likeness (QED) is 0.245. The second-order valence-corrected chi connectivity index (χ2v) is 11.4. The van der Waals surface area contributed by atoms with E-state index in [2.05, 4.69) is 15.6 Å². The molecule has 1 aliphatic rings. The third-order valence-corrected chi connectivity index (χ3v) is 7.98. The highest BCUT2D eigenvalue weighted by molar-refractivity contribution is 6.05. The van der Waals surface area contributed by atoms with Crippen LogP contribution in [0, 0.1) is 11.6 Å². The fourth-order valence-corrected chi connectivity index (χ4v) is 5.55. The lowest BCUT2D eigenvalue weighted by Gasteiger charge is -2.14. The molecule has 0 radical (unpaired) electrons. The summed E-state index contributed by atoms with van der Waals surface area (Å²) < 4.78 is 37.8. The first kappa shape index (κ1) is 32.3. The van der Waals surface area contributed by atoms with E-state index >= 15 is 4.39 Å². The van der Waals surface area contributed by atoms with E-state index in [9.17, 15) is 18.8 Å². The van der Waals surface area contributed by atoms with E-state index < -0.39 is 23.1 Å². The summed E-state index contributed by atoms with van der Waals surface area (Å²) in [4.78, 5) is 42.9. The normalized spacial score (nSPS) is 16.5. The summed E-state index contributed by atoms with van der Waals surface area (Å²) in [5.74, 6) is -1.82. The molecule has 4 N–H and O–H groups in total. The minimum absolute atomic E-state index is 0.104. The van der Waals surface area contributed by atoms with Crippen LogP contribution >= 0.6 is 0 Å². The molecular weight excluding hydrogens is 620 g/mol. The summed E-state index contributed by atoms with van der Waals surface area (Å²) >= 11 is 0. The van der Waals surface area contributed by atoms with Crippen molar-refractivity contribution >= 4 is 40.3 Å². The van der Waals surface area contributed by atoms with Crippen molar-refractivity contribution < 1.29 is 23.1 Å². The van der Waals surface area contributed by atoms with Crippen molar-refractivity contribution in [2.75, 3.05) is 24.3 Å². The third kappa shape index (κ3) is 6.86. The highest BCUT2D eigenvalue weighted by Gasteiger charge is 2.22. The van der Waals surface area contributed by atoms with Gasteiger partial charge < -0.3 is 21.1 Å². The smallest absolute Gasteiger partial charge is 0.267 e.